The van der Waals surface area contributed by atoms with Crippen molar-refractivity contribution in [2.24, 2.45) is 0 Å². The molecule has 0 aliphatic rings. The van der Waals surface area contributed by atoms with Gasteiger partial charge in [0.05, 0.1) is 5.58 Å². The average molecular weight is 769 g/mol. The molecule has 0 spiro atoms. The van der Waals surface area contributed by atoms with Crippen molar-refractivity contribution >= 4 is 22.1 Å². The third-order valence-corrected chi connectivity index (χ3v) is 7.45. The quantitative estimate of drug-likeness (QED) is 0.167. The molecule has 3 aromatic carbocycles. The monoisotopic (exact) mass is 769 g/mol. The molecule has 5 heteroatoms. The van der Waals surface area contributed by atoms with Crippen LogP contribution in [0, 0.1) is 25.9 Å². The second-order valence-corrected chi connectivity index (χ2v) is 11.9. The minimum absolute atomic E-state index is 0. The Morgan fingerprint density at radius 3 is 2.29 bits per heavy atom. The number of nitrogens with zero attached hydrogens (tertiary/aromatic N) is 3. The zero-order valence-electron chi connectivity index (χ0n) is 28.7. The summed E-state index contributed by atoms with van der Waals surface area (Å²) in [6.45, 7) is 6.35. The van der Waals surface area contributed by atoms with Gasteiger partial charge < -0.3 is 14.4 Å². The van der Waals surface area contributed by atoms with Gasteiger partial charge in [-0.2, -0.15) is 0 Å². The largest absolute Gasteiger partial charge is 0.486 e. The molecule has 0 saturated carbocycles. The first kappa shape index (κ1) is 28.1. The fourth-order valence-electron chi connectivity index (χ4n) is 5.22. The third-order valence-electron chi connectivity index (χ3n) is 7.45. The molecule has 0 saturated heterocycles. The fraction of sp³-hybridized carbons (Fsp3) is 0.175. The Bertz CT molecular complexity index is 2100. The molecule has 227 valence electrons. The summed E-state index contributed by atoms with van der Waals surface area (Å²) in [5, 5.41) is 1.64. The van der Waals surface area contributed by atoms with E-state index in [0.29, 0.717) is 11.3 Å². The number of aryl methyl sites for hydroxylation is 2. The Balaban J connectivity index is 0.000000291. The van der Waals surface area contributed by atoms with Crippen molar-refractivity contribution in [2.75, 3.05) is 0 Å². The van der Waals surface area contributed by atoms with Crippen molar-refractivity contribution in [3.8, 4) is 22.5 Å². The summed E-state index contributed by atoms with van der Waals surface area (Å²) >= 11 is 0. The number of hydrogen-bond donors (Lipinski definition) is 0. The van der Waals surface area contributed by atoms with E-state index in [9.17, 15) is 0 Å². The number of pyridine rings is 3. The third kappa shape index (κ3) is 7.45. The Labute approximate surface area is 283 Å². The number of furan rings is 1. The molecule has 0 amide bonds. The second-order valence-electron chi connectivity index (χ2n) is 11.9. The first-order chi connectivity index (χ1) is 22.5. The molecule has 0 fully saturated rings. The molecule has 4 nitrogen and oxygen atoms in total. The number of rotatable bonds is 4. The van der Waals surface area contributed by atoms with Crippen LogP contribution in [0.1, 0.15) is 53.0 Å². The predicted octanol–water partition coefficient (Wildman–Crippen LogP) is 9.89. The van der Waals surface area contributed by atoms with E-state index in [2.05, 4.69) is 79.3 Å². The Morgan fingerprint density at radius 2 is 1.58 bits per heavy atom. The SMILES string of the molecule is [2H]C([2H])([2H])c1ccc2c(n1)oc1c(-c3cc(Cc4ccc(C(C)(C)C)cc4)cc(C)n3)[c-]ccc12.[Ir].[c-]1ccccc1-c1ccccn1. The number of fused-ring (bicyclic) bond motifs is 3. The Morgan fingerprint density at radius 1 is 0.756 bits per heavy atom. The molecule has 0 bridgehead atoms. The molecule has 1 radical (unpaired) electrons. The maximum atomic E-state index is 7.65. The van der Waals surface area contributed by atoms with Gasteiger partial charge in [0.1, 0.15) is 0 Å². The molecule has 4 heterocycles. The summed E-state index contributed by atoms with van der Waals surface area (Å²) < 4.78 is 29.0. The summed E-state index contributed by atoms with van der Waals surface area (Å²) in [5.41, 5.74) is 9.19. The van der Waals surface area contributed by atoms with Crippen molar-refractivity contribution in [3.05, 3.63) is 150 Å². The minimum Gasteiger partial charge on any atom is -0.486 e. The summed E-state index contributed by atoms with van der Waals surface area (Å²) in [6, 6.07) is 40.1. The van der Waals surface area contributed by atoms with Gasteiger partial charge in [0.15, 0.2) is 0 Å². The molecule has 45 heavy (non-hydrogen) atoms. The minimum atomic E-state index is -2.29. The van der Waals surface area contributed by atoms with Crippen LogP contribution in [0.15, 0.2) is 114 Å². The van der Waals surface area contributed by atoms with Crippen molar-refractivity contribution in [3.63, 3.8) is 0 Å². The molecule has 0 aliphatic heterocycles. The fourth-order valence-corrected chi connectivity index (χ4v) is 5.22. The van der Waals surface area contributed by atoms with Gasteiger partial charge in [-0.3, -0.25) is 0 Å². The first-order valence-electron chi connectivity index (χ1n) is 16.2. The van der Waals surface area contributed by atoms with Crippen LogP contribution in [0.4, 0.5) is 0 Å². The van der Waals surface area contributed by atoms with Crippen LogP contribution in [0.2, 0.25) is 0 Å². The molecule has 7 rings (SSSR count). The van der Waals surface area contributed by atoms with Gasteiger partial charge in [0.25, 0.3) is 0 Å². The van der Waals surface area contributed by atoms with Crippen LogP contribution in [0.3, 0.4) is 0 Å². The maximum Gasteiger partial charge on any atom is 0.216 e. The predicted molar refractivity (Wildman–Crippen MR) is 180 cm³/mol. The number of aromatic nitrogens is 3. The van der Waals surface area contributed by atoms with E-state index < -0.39 is 6.85 Å². The van der Waals surface area contributed by atoms with Crippen LogP contribution in [0.5, 0.6) is 0 Å². The molecule has 0 atom stereocenters. The van der Waals surface area contributed by atoms with Gasteiger partial charge in [-0.25, -0.2) is 4.98 Å². The Kier molecular flexibility index (Phi) is 8.53. The van der Waals surface area contributed by atoms with Crippen molar-refractivity contribution in [1.29, 1.82) is 0 Å². The summed E-state index contributed by atoms with van der Waals surface area (Å²) in [4.78, 5) is 13.3. The van der Waals surface area contributed by atoms with E-state index in [-0.39, 0.29) is 31.2 Å². The van der Waals surface area contributed by atoms with Crippen LogP contribution in [-0.4, -0.2) is 15.0 Å². The van der Waals surface area contributed by atoms with E-state index in [4.69, 9.17) is 13.5 Å². The summed E-state index contributed by atoms with van der Waals surface area (Å²) in [7, 11) is 0. The number of hydrogen-bond acceptors (Lipinski definition) is 4. The van der Waals surface area contributed by atoms with Gasteiger partial charge in [-0.15, -0.1) is 54.1 Å². The topological polar surface area (TPSA) is 51.8 Å². The zero-order chi connectivity index (χ0) is 33.2. The van der Waals surface area contributed by atoms with E-state index >= 15 is 0 Å². The smallest absolute Gasteiger partial charge is 0.216 e. The average Bonchev–Trinajstić information content (AvgIpc) is 3.43. The summed E-state index contributed by atoms with van der Waals surface area (Å²) in [6.07, 6.45) is 2.58. The standard InChI is InChI=1S/C29H27N2O.C11H8N.Ir/c1-18-9-14-24-23-7-6-8-25(27(23)32-28(24)31-18)26-17-21(15-19(2)30-26)16-20-10-12-22(13-11-20)29(3,4)5;1-2-6-10(7-3-1)11-8-4-5-9-12-11;/h6-7,9-15,17H,16H2,1-5H3;1-6,8-9H;/q2*-1;/i1D3;;. The van der Waals surface area contributed by atoms with Gasteiger partial charge in [-0.1, -0.05) is 74.2 Å². The molecule has 0 unspecified atom stereocenters. The van der Waals surface area contributed by atoms with E-state index in [1.54, 1.807) is 12.3 Å². The second kappa shape index (κ2) is 13.7. The van der Waals surface area contributed by atoms with Crippen molar-refractivity contribution in [2.45, 2.75) is 46.4 Å². The van der Waals surface area contributed by atoms with Crippen molar-refractivity contribution in [1.82, 2.24) is 15.0 Å². The number of benzene rings is 3. The maximum absolute atomic E-state index is 7.65. The van der Waals surface area contributed by atoms with E-state index in [1.807, 2.05) is 61.5 Å². The van der Waals surface area contributed by atoms with Gasteiger partial charge in [0, 0.05) is 47.2 Å². The van der Waals surface area contributed by atoms with Crippen LogP contribution in [-0.2, 0) is 31.9 Å². The molecule has 0 aliphatic carbocycles. The molecule has 0 N–H and O–H groups in total. The van der Waals surface area contributed by atoms with E-state index in [1.165, 1.54) is 17.2 Å². The van der Waals surface area contributed by atoms with Gasteiger partial charge in [0.2, 0.25) is 5.71 Å². The van der Waals surface area contributed by atoms with Crippen molar-refractivity contribution < 1.29 is 28.6 Å². The van der Waals surface area contributed by atoms with Gasteiger partial charge in [-0.05, 0) is 78.0 Å². The Hall–Kier alpha value is -4.44. The molecule has 7 aromatic rings. The van der Waals surface area contributed by atoms with Crippen LogP contribution in [0.25, 0.3) is 44.6 Å². The zero-order valence-corrected chi connectivity index (χ0v) is 28.1. The first-order valence-corrected chi connectivity index (χ1v) is 14.7. The van der Waals surface area contributed by atoms with E-state index in [0.717, 1.165) is 51.0 Å². The molecular formula is C40H35IrN3O-2. The van der Waals surface area contributed by atoms with Gasteiger partial charge >= 0.3 is 0 Å². The van der Waals surface area contributed by atoms with Crippen LogP contribution < -0.4 is 0 Å². The molecule has 4 aromatic heterocycles. The molecular weight excluding hydrogens is 731 g/mol. The normalized spacial score (nSPS) is 12.4. The van der Waals surface area contributed by atoms with Crippen LogP contribution >= 0.6 is 0 Å². The summed E-state index contributed by atoms with van der Waals surface area (Å²) in [5.74, 6) is 0.